The van der Waals surface area contributed by atoms with Crippen LogP contribution in [0.4, 0.5) is 10.5 Å². The van der Waals surface area contributed by atoms with E-state index in [1.807, 2.05) is 0 Å². The fraction of sp³-hybridized carbons (Fsp3) is 0.400. The summed E-state index contributed by atoms with van der Waals surface area (Å²) in [5.74, 6) is 0. The van der Waals surface area contributed by atoms with Crippen LogP contribution in [0.2, 0.25) is 5.02 Å². The molecule has 0 bridgehead atoms. The van der Waals surface area contributed by atoms with Gasteiger partial charge in [0.1, 0.15) is 5.60 Å². The van der Waals surface area contributed by atoms with Crippen molar-refractivity contribution < 1.29 is 9.53 Å². The van der Waals surface area contributed by atoms with Gasteiger partial charge in [-0.1, -0.05) is 11.6 Å². The number of hydrogen-bond donors (Lipinski definition) is 1. The highest BCUT2D eigenvalue weighted by molar-refractivity contribution is 6.30. The summed E-state index contributed by atoms with van der Waals surface area (Å²) in [5, 5.41) is 2.99. The number of carbonyl (C=O) groups is 1. The van der Waals surface area contributed by atoms with Gasteiger partial charge in [-0.05, 0) is 26.8 Å². The minimum Gasteiger partial charge on any atom is -0.444 e. The number of anilines is 1. The standard InChI is InChI=1S/C10H13ClN2O2/c1-10(2,3)15-9(14)13-8-4-7(11)5-12-6-8/h4-6H,1-3H3,(H,13,14). The molecule has 0 radical (unpaired) electrons. The fourth-order valence-electron chi connectivity index (χ4n) is 0.902. The van der Waals surface area contributed by atoms with Crippen LogP contribution in [-0.2, 0) is 4.74 Å². The summed E-state index contributed by atoms with van der Waals surface area (Å²) in [5.41, 5.74) is -0.00689. The maximum absolute atomic E-state index is 11.3. The number of nitrogens with one attached hydrogen (secondary N) is 1. The fourth-order valence-corrected chi connectivity index (χ4v) is 1.08. The molecule has 0 unspecified atom stereocenters. The van der Waals surface area contributed by atoms with E-state index < -0.39 is 11.7 Å². The van der Waals surface area contributed by atoms with Gasteiger partial charge in [-0.2, -0.15) is 0 Å². The Morgan fingerprint density at radius 3 is 2.67 bits per heavy atom. The van der Waals surface area contributed by atoms with E-state index in [1.54, 1.807) is 26.8 Å². The number of amides is 1. The molecule has 0 fully saturated rings. The summed E-state index contributed by atoms with van der Waals surface area (Å²) in [4.78, 5) is 15.2. The molecule has 0 aromatic carbocycles. The maximum Gasteiger partial charge on any atom is 0.412 e. The third kappa shape index (κ3) is 4.65. The van der Waals surface area contributed by atoms with Crippen LogP contribution >= 0.6 is 11.6 Å². The second-order valence-corrected chi connectivity index (χ2v) is 4.46. The van der Waals surface area contributed by atoms with Gasteiger partial charge in [-0.15, -0.1) is 0 Å². The van der Waals surface area contributed by atoms with Gasteiger partial charge < -0.3 is 4.74 Å². The van der Waals surface area contributed by atoms with Crippen molar-refractivity contribution in [2.75, 3.05) is 5.32 Å². The smallest absolute Gasteiger partial charge is 0.412 e. The van der Waals surface area contributed by atoms with Gasteiger partial charge in [-0.3, -0.25) is 10.3 Å². The maximum atomic E-state index is 11.3. The van der Waals surface area contributed by atoms with E-state index in [0.29, 0.717) is 10.7 Å². The lowest BCUT2D eigenvalue weighted by molar-refractivity contribution is 0.0636. The van der Waals surface area contributed by atoms with Crippen LogP contribution in [0.25, 0.3) is 0 Å². The molecule has 15 heavy (non-hydrogen) atoms. The van der Waals surface area contributed by atoms with Gasteiger partial charge in [0.15, 0.2) is 0 Å². The number of ether oxygens (including phenoxy) is 1. The average Bonchev–Trinajstić information content (AvgIpc) is 1.99. The molecule has 1 heterocycles. The lowest BCUT2D eigenvalue weighted by Crippen LogP contribution is -2.27. The monoisotopic (exact) mass is 228 g/mol. The third-order valence-corrected chi connectivity index (χ3v) is 1.56. The number of pyridine rings is 1. The molecule has 0 saturated carbocycles. The first-order valence-corrected chi connectivity index (χ1v) is 4.85. The topological polar surface area (TPSA) is 51.2 Å². The van der Waals surface area contributed by atoms with Crippen molar-refractivity contribution in [2.24, 2.45) is 0 Å². The molecular formula is C10H13ClN2O2. The van der Waals surface area contributed by atoms with Crippen molar-refractivity contribution in [3.8, 4) is 0 Å². The molecule has 0 spiro atoms. The second-order valence-electron chi connectivity index (χ2n) is 4.02. The number of aromatic nitrogens is 1. The van der Waals surface area contributed by atoms with Crippen molar-refractivity contribution in [3.63, 3.8) is 0 Å². The van der Waals surface area contributed by atoms with Crippen LogP contribution in [0.5, 0.6) is 0 Å². The summed E-state index contributed by atoms with van der Waals surface area (Å²) in [6, 6.07) is 1.60. The minimum atomic E-state index is -0.522. The Balaban J connectivity index is 2.59. The highest BCUT2D eigenvalue weighted by Gasteiger charge is 2.16. The molecule has 1 N–H and O–H groups in total. The first kappa shape index (κ1) is 11.8. The van der Waals surface area contributed by atoms with Crippen LogP contribution < -0.4 is 5.32 Å². The van der Waals surface area contributed by atoms with E-state index in [-0.39, 0.29) is 0 Å². The lowest BCUT2D eigenvalue weighted by Gasteiger charge is -2.19. The number of nitrogens with zero attached hydrogens (tertiary/aromatic N) is 1. The largest absolute Gasteiger partial charge is 0.444 e. The van der Waals surface area contributed by atoms with Gasteiger partial charge in [0, 0.05) is 6.20 Å². The third-order valence-electron chi connectivity index (χ3n) is 1.35. The van der Waals surface area contributed by atoms with Crippen molar-refractivity contribution in [1.29, 1.82) is 0 Å². The molecule has 0 aliphatic rings. The molecule has 1 amide bonds. The van der Waals surface area contributed by atoms with E-state index in [9.17, 15) is 4.79 Å². The zero-order valence-electron chi connectivity index (χ0n) is 8.87. The average molecular weight is 229 g/mol. The number of halogens is 1. The van der Waals surface area contributed by atoms with E-state index >= 15 is 0 Å². The Morgan fingerprint density at radius 1 is 1.47 bits per heavy atom. The normalized spacial score (nSPS) is 10.9. The van der Waals surface area contributed by atoms with Crippen molar-refractivity contribution >= 4 is 23.4 Å². The summed E-state index contributed by atoms with van der Waals surface area (Å²) in [7, 11) is 0. The lowest BCUT2D eigenvalue weighted by atomic mass is 10.2. The second kappa shape index (κ2) is 4.49. The van der Waals surface area contributed by atoms with Crippen molar-refractivity contribution in [2.45, 2.75) is 26.4 Å². The molecule has 4 nitrogen and oxygen atoms in total. The summed E-state index contributed by atoms with van der Waals surface area (Å²) < 4.78 is 5.06. The molecule has 1 aromatic rings. The highest BCUT2D eigenvalue weighted by atomic mass is 35.5. The van der Waals surface area contributed by atoms with E-state index in [1.165, 1.54) is 12.4 Å². The first-order valence-electron chi connectivity index (χ1n) is 4.47. The Kier molecular flexibility index (Phi) is 3.52. The predicted molar refractivity (Wildman–Crippen MR) is 59.1 cm³/mol. The molecular weight excluding hydrogens is 216 g/mol. The summed E-state index contributed by atoms with van der Waals surface area (Å²) in [6.07, 6.45) is 2.46. The van der Waals surface area contributed by atoms with Gasteiger partial charge in [0.2, 0.25) is 0 Å². The van der Waals surface area contributed by atoms with Gasteiger partial charge >= 0.3 is 6.09 Å². The van der Waals surface area contributed by atoms with Gasteiger partial charge in [-0.25, -0.2) is 4.79 Å². The molecule has 1 aromatic heterocycles. The van der Waals surface area contributed by atoms with E-state index in [0.717, 1.165) is 0 Å². The van der Waals surface area contributed by atoms with Crippen LogP contribution in [0.1, 0.15) is 20.8 Å². The molecule has 1 rings (SSSR count). The van der Waals surface area contributed by atoms with E-state index in [4.69, 9.17) is 16.3 Å². The van der Waals surface area contributed by atoms with E-state index in [2.05, 4.69) is 10.3 Å². The Morgan fingerprint density at radius 2 is 2.13 bits per heavy atom. The number of carbonyl (C=O) groups excluding carboxylic acids is 1. The van der Waals surface area contributed by atoms with Crippen LogP contribution in [0, 0.1) is 0 Å². The molecule has 82 valence electrons. The Bertz CT molecular complexity index is 361. The SMILES string of the molecule is CC(C)(C)OC(=O)Nc1cncc(Cl)c1. The van der Waals surface area contributed by atoms with Gasteiger partial charge in [0.25, 0.3) is 0 Å². The highest BCUT2D eigenvalue weighted by Crippen LogP contribution is 2.14. The summed E-state index contributed by atoms with van der Waals surface area (Å²) in [6.45, 7) is 5.38. The molecule has 0 saturated heterocycles. The first-order chi connectivity index (χ1) is 6.87. The van der Waals surface area contributed by atoms with Crippen LogP contribution in [-0.4, -0.2) is 16.7 Å². The van der Waals surface area contributed by atoms with Crippen molar-refractivity contribution in [1.82, 2.24) is 4.98 Å². The Hall–Kier alpha value is -1.29. The van der Waals surface area contributed by atoms with Crippen LogP contribution in [0.3, 0.4) is 0 Å². The molecule has 0 atom stereocenters. The van der Waals surface area contributed by atoms with Gasteiger partial charge in [0.05, 0.1) is 16.9 Å². The Labute approximate surface area is 93.6 Å². The van der Waals surface area contributed by atoms with Crippen LogP contribution in [0.15, 0.2) is 18.5 Å². The molecule has 0 aliphatic carbocycles. The quantitative estimate of drug-likeness (QED) is 0.804. The molecule has 0 aliphatic heterocycles. The summed E-state index contributed by atoms with van der Waals surface area (Å²) >= 11 is 5.71. The van der Waals surface area contributed by atoms with Crippen molar-refractivity contribution in [3.05, 3.63) is 23.5 Å². The molecule has 5 heteroatoms. The number of hydrogen-bond acceptors (Lipinski definition) is 3. The minimum absolute atomic E-state index is 0.462. The zero-order chi connectivity index (χ0) is 11.5. The number of rotatable bonds is 1. The zero-order valence-corrected chi connectivity index (χ0v) is 9.63. The predicted octanol–water partition coefficient (Wildman–Crippen LogP) is 3.08.